The number of sulfone groups is 1. The Morgan fingerprint density at radius 3 is 2.61 bits per heavy atom. The van der Waals surface area contributed by atoms with Gasteiger partial charge in [-0.05, 0) is 45.1 Å². The molecule has 2 aromatic heterocycles. The van der Waals surface area contributed by atoms with Crippen LogP contribution in [-0.2, 0) is 19.4 Å². The molecule has 2 atom stereocenters. The number of hydrogen-bond acceptors (Lipinski definition) is 7. The molecular weight excluding hydrogens is 486 g/mol. The van der Waals surface area contributed by atoms with Gasteiger partial charge < -0.3 is 14.6 Å². The van der Waals surface area contributed by atoms with Gasteiger partial charge in [0, 0.05) is 24.8 Å². The van der Waals surface area contributed by atoms with Crippen molar-refractivity contribution in [2.75, 3.05) is 11.9 Å². The van der Waals surface area contributed by atoms with Gasteiger partial charge in [0.05, 0.1) is 22.4 Å². The Morgan fingerprint density at radius 2 is 2.00 bits per heavy atom. The van der Waals surface area contributed by atoms with E-state index in [2.05, 4.69) is 10.3 Å². The van der Waals surface area contributed by atoms with E-state index in [0.29, 0.717) is 41.0 Å². The van der Waals surface area contributed by atoms with Crippen LogP contribution >= 0.6 is 22.9 Å². The molecule has 1 N–H and O–H groups in total. The van der Waals surface area contributed by atoms with Gasteiger partial charge in [0.1, 0.15) is 10.4 Å². The molecule has 2 fully saturated rings. The Balaban J connectivity index is 1.67. The number of rotatable bonds is 7. The van der Waals surface area contributed by atoms with E-state index in [1.807, 2.05) is 0 Å². The van der Waals surface area contributed by atoms with E-state index in [0.717, 1.165) is 49.5 Å². The minimum atomic E-state index is -3.58. The molecule has 1 unspecified atom stereocenters. The van der Waals surface area contributed by atoms with Gasteiger partial charge in [-0.25, -0.2) is 13.4 Å². The second-order valence-electron chi connectivity index (χ2n) is 8.69. The minimum Gasteiger partial charge on any atom is -0.378 e. The van der Waals surface area contributed by atoms with E-state index in [1.54, 1.807) is 6.92 Å². The number of carbonyl (C=O) groups is 1. The Labute approximate surface area is 202 Å². The molecule has 0 radical (unpaired) electrons. The predicted molar refractivity (Wildman–Crippen MR) is 128 cm³/mol. The largest absolute Gasteiger partial charge is 0.378 e. The zero-order chi connectivity index (χ0) is 23.6. The van der Waals surface area contributed by atoms with Gasteiger partial charge >= 0.3 is 0 Å². The summed E-state index contributed by atoms with van der Waals surface area (Å²) in [6, 6.07) is 1.80. The molecule has 3 heterocycles. The smallest absolute Gasteiger partial charge is 0.252 e. The molecule has 2 aliphatic rings. The quantitative estimate of drug-likeness (QED) is 0.596. The lowest BCUT2D eigenvalue weighted by atomic mass is 10.0. The number of thiazole rings is 1. The number of pyridine rings is 1. The van der Waals surface area contributed by atoms with Crippen LogP contribution in [0.2, 0.25) is 4.34 Å². The van der Waals surface area contributed by atoms with Gasteiger partial charge in [-0.15, -0.1) is 0 Å². The van der Waals surface area contributed by atoms with Gasteiger partial charge in [0.2, 0.25) is 5.91 Å². The van der Waals surface area contributed by atoms with Gasteiger partial charge in [-0.1, -0.05) is 35.8 Å². The van der Waals surface area contributed by atoms with Crippen molar-refractivity contribution < 1.29 is 17.9 Å². The van der Waals surface area contributed by atoms with E-state index in [-0.39, 0.29) is 11.0 Å². The molecule has 1 amide bonds. The molecule has 11 heteroatoms. The number of nitrogens with one attached hydrogen (secondary N) is 1. The molecule has 1 aliphatic heterocycles. The highest BCUT2D eigenvalue weighted by atomic mass is 35.5. The van der Waals surface area contributed by atoms with Crippen molar-refractivity contribution in [3.05, 3.63) is 38.7 Å². The number of hydrogen-bond donors (Lipinski definition) is 1. The van der Waals surface area contributed by atoms with Crippen LogP contribution in [-0.4, -0.2) is 41.8 Å². The first kappa shape index (κ1) is 24.4. The van der Waals surface area contributed by atoms with Crippen molar-refractivity contribution in [1.29, 1.82) is 0 Å². The summed E-state index contributed by atoms with van der Waals surface area (Å²) >= 11 is 7.06. The highest BCUT2D eigenvalue weighted by molar-refractivity contribution is 7.92. The monoisotopic (exact) mass is 513 g/mol. The van der Waals surface area contributed by atoms with E-state index in [9.17, 15) is 18.0 Å². The Bertz CT molecular complexity index is 1160. The van der Waals surface area contributed by atoms with Crippen LogP contribution in [0.3, 0.4) is 0 Å². The topological polar surface area (TPSA) is 107 Å². The molecule has 0 aromatic carbocycles. The fourth-order valence-electron chi connectivity index (χ4n) is 4.71. The molecule has 1 aliphatic carbocycles. The summed E-state index contributed by atoms with van der Waals surface area (Å²) in [5, 5.41) is 2.64. The number of anilines is 1. The molecule has 33 heavy (non-hydrogen) atoms. The van der Waals surface area contributed by atoms with E-state index in [1.165, 1.54) is 16.8 Å². The molecular formula is C22H28ClN3O5S2. The normalized spacial score (nSPS) is 20.6. The second-order valence-corrected chi connectivity index (χ2v) is 12.6. The van der Waals surface area contributed by atoms with Crippen molar-refractivity contribution in [3.63, 3.8) is 0 Å². The minimum absolute atomic E-state index is 0.0351. The van der Waals surface area contributed by atoms with E-state index in [4.69, 9.17) is 16.3 Å². The summed E-state index contributed by atoms with van der Waals surface area (Å²) in [6.45, 7) is 2.28. The first-order chi connectivity index (χ1) is 15.8. The Hall–Kier alpha value is -1.75. The molecule has 1 saturated heterocycles. The maximum absolute atomic E-state index is 13.3. The molecule has 2 aromatic rings. The maximum Gasteiger partial charge on any atom is 0.252 e. The zero-order valence-electron chi connectivity index (χ0n) is 18.5. The molecule has 4 rings (SSSR count). The highest BCUT2D eigenvalue weighted by Gasteiger charge is 2.33. The first-order valence-corrected chi connectivity index (χ1v) is 14.0. The number of aromatic nitrogens is 2. The van der Waals surface area contributed by atoms with Gasteiger partial charge in [-0.2, -0.15) is 0 Å². The molecule has 8 nitrogen and oxygen atoms in total. The number of aryl methyl sites for hydroxylation is 1. The van der Waals surface area contributed by atoms with Crippen LogP contribution in [0.1, 0.15) is 63.1 Å². The third-order valence-corrected chi connectivity index (χ3v) is 9.66. The Kier molecular flexibility index (Phi) is 7.57. The second kappa shape index (κ2) is 10.2. The van der Waals surface area contributed by atoms with Crippen molar-refractivity contribution in [1.82, 2.24) is 9.55 Å². The van der Waals surface area contributed by atoms with Crippen LogP contribution in [0, 0.1) is 6.92 Å². The molecule has 0 bridgehead atoms. The average molecular weight is 514 g/mol. The third kappa shape index (κ3) is 5.50. The average Bonchev–Trinajstić information content (AvgIpc) is 3.45. The Morgan fingerprint density at radius 1 is 1.27 bits per heavy atom. The van der Waals surface area contributed by atoms with Crippen LogP contribution in [0.15, 0.2) is 28.0 Å². The number of nitrogens with zero attached hydrogens (tertiary/aromatic N) is 2. The molecule has 1 saturated carbocycles. The van der Waals surface area contributed by atoms with Crippen molar-refractivity contribution in [2.24, 2.45) is 0 Å². The summed E-state index contributed by atoms with van der Waals surface area (Å²) in [4.78, 5) is 30.6. The fraction of sp³-hybridized carbons (Fsp3) is 0.591. The summed E-state index contributed by atoms with van der Waals surface area (Å²) in [5.74, 6) is -0.410. The first-order valence-electron chi connectivity index (χ1n) is 11.3. The summed E-state index contributed by atoms with van der Waals surface area (Å²) in [7, 11) is -3.58. The van der Waals surface area contributed by atoms with Crippen LogP contribution in [0.5, 0.6) is 0 Å². The van der Waals surface area contributed by atoms with Gasteiger partial charge in [-0.3, -0.25) is 9.59 Å². The predicted octanol–water partition coefficient (Wildman–Crippen LogP) is 4.12. The highest BCUT2D eigenvalue weighted by Crippen LogP contribution is 2.31. The molecule has 180 valence electrons. The third-order valence-electron chi connectivity index (χ3n) is 6.39. The maximum atomic E-state index is 13.3. The van der Waals surface area contributed by atoms with Crippen LogP contribution < -0.4 is 10.9 Å². The van der Waals surface area contributed by atoms with Crippen molar-refractivity contribution in [2.45, 2.75) is 80.6 Å². The van der Waals surface area contributed by atoms with Crippen molar-refractivity contribution in [3.8, 4) is 0 Å². The molecule has 0 spiro atoms. The van der Waals surface area contributed by atoms with Crippen molar-refractivity contribution >= 4 is 43.8 Å². The standard InChI is InChI=1S/C22H28ClN3O5S2/c1-14-10-17(33(29,30)16-7-2-3-8-16)12-20(27)26(14)18(11-15-6-4-5-9-31-15)21(28)25-22-24-13-19(23)32-22/h10,12-13,15-16,18H,2-9,11H2,1H3,(H,24,25,28)/t15?,18-/m0/s1. The summed E-state index contributed by atoms with van der Waals surface area (Å²) in [6.07, 6.45) is 7.34. The van der Waals surface area contributed by atoms with E-state index < -0.39 is 32.6 Å². The fourth-order valence-corrected chi connectivity index (χ4v) is 7.46. The van der Waals surface area contributed by atoms with Crippen LogP contribution in [0.25, 0.3) is 0 Å². The number of halogens is 1. The number of amides is 1. The lowest BCUT2D eigenvalue weighted by Gasteiger charge is -2.28. The number of carbonyl (C=O) groups excluding carboxylic acids is 1. The zero-order valence-corrected chi connectivity index (χ0v) is 20.8. The van der Waals surface area contributed by atoms with Crippen LogP contribution in [0.4, 0.5) is 5.13 Å². The number of ether oxygens (including phenoxy) is 1. The van der Waals surface area contributed by atoms with E-state index >= 15 is 0 Å². The lowest BCUT2D eigenvalue weighted by Crippen LogP contribution is -2.38. The lowest BCUT2D eigenvalue weighted by molar-refractivity contribution is -0.121. The van der Waals surface area contributed by atoms with Gasteiger partial charge in [0.25, 0.3) is 5.56 Å². The van der Waals surface area contributed by atoms with Gasteiger partial charge in [0.15, 0.2) is 15.0 Å². The summed E-state index contributed by atoms with van der Waals surface area (Å²) in [5.41, 5.74) is -0.0908. The summed E-state index contributed by atoms with van der Waals surface area (Å²) < 4.78 is 33.7. The SMILES string of the molecule is Cc1cc(S(=O)(=O)C2CCCC2)cc(=O)n1[C@@H](CC1CCCCO1)C(=O)Nc1ncc(Cl)s1.